The van der Waals surface area contributed by atoms with Gasteiger partial charge in [-0.25, -0.2) is 4.98 Å². The van der Waals surface area contributed by atoms with Gasteiger partial charge in [-0.2, -0.15) is 5.26 Å². The van der Waals surface area contributed by atoms with Crippen molar-refractivity contribution in [1.29, 1.82) is 5.26 Å². The number of rotatable bonds is 1. The van der Waals surface area contributed by atoms with Gasteiger partial charge in [0, 0.05) is 0 Å². The maximum atomic E-state index is 9.39. The lowest BCUT2D eigenvalue weighted by Crippen LogP contribution is -1.68. The Morgan fingerprint density at radius 1 is 1.18 bits per heavy atom. The topological polar surface area (TPSA) is 56.9 Å². The number of thiazole rings is 1. The maximum Gasteiger partial charge on any atom is 0.134 e. The molecule has 0 radical (unpaired) electrons. The summed E-state index contributed by atoms with van der Waals surface area (Å²) >= 11 is 2.95. The number of phenolic OH excluding ortho intramolecular Hbond substituents is 1. The van der Waals surface area contributed by atoms with Crippen molar-refractivity contribution < 1.29 is 5.11 Å². The molecule has 2 aromatic heterocycles. The minimum absolute atomic E-state index is 0.247. The molecule has 0 atom stereocenters. The minimum Gasteiger partial charge on any atom is -0.508 e. The molecule has 0 aliphatic rings. The number of hydrogen-bond acceptors (Lipinski definition) is 5. The number of benzene rings is 1. The SMILES string of the molecule is N#Cc1ccc(-c2nc3ccc(O)cc3s2)s1. The van der Waals surface area contributed by atoms with E-state index in [1.54, 1.807) is 24.3 Å². The highest BCUT2D eigenvalue weighted by Gasteiger charge is 2.09. The van der Waals surface area contributed by atoms with Gasteiger partial charge >= 0.3 is 0 Å². The molecule has 5 heteroatoms. The van der Waals surface area contributed by atoms with Crippen molar-refractivity contribution in [3.05, 3.63) is 35.2 Å². The lowest BCUT2D eigenvalue weighted by molar-refractivity contribution is 0.476. The van der Waals surface area contributed by atoms with Gasteiger partial charge in [0.25, 0.3) is 0 Å². The molecular formula is C12H6N2OS2. The van der Waals surface area contributed by atoms with E-state index in [1.165, 1.54) is 22.7 Å². The average Bonchev–Trinajstić information content (AvgIpc) is 2.93. The summed E-state index contributed by atoms with van der Waals surface area (Å²) in [5.41, 5.74) is 0.870. The van der Waals surface area contributed by atoms with Crippen molar-refractivity contribution in [1.82, 2.24) is 4.98 Å². The number of fused-ring (bicyclic) bond motifs is 1. The second-order valence-corrected chi connectivity index (χ2v) is 5.56. The number of aromatic hydroxyl groups is 1. The molecule has 1 aromatic carbocycles. The highest BCUT2D eigenvalue weighted by molar-refractivity contribution is 7.25. The predicted octanol–water partition coefficient (Wildman–Crippen LogP) is 3.60. The highest BCUT2D eigenvalue weighted by Crippen LogP contribution is 2.35. The Balaban J connectivity index is 2.15. The fourth-order valence-corrected chi connectivity index (χ4v) is 3.39. The van der Waals surface area contributed by atoms with Gasteiger partial charge in [0.05, 0.1) is 15.1 Å². The maximum absolute atomic E-state index is 9.39. The monoisotopic (exact) mass is 258 g/mol. The average molecular weight is 258 g/mol. The summed E-state index contributed by atoms with van der Waals surface area (Å²) in [6.45, 7) is 0. The van der Waals surface area contributed by atoms with Crippen LogP contribution in [-0.2, 0) is 0 Å². The molecule has 0 spiro atoms. The van der Waals surface area contributed by atoms with Gasteiger partial charge in [-0.05, 0) is 30.3 Å². The molecule has 0 aliphatic heterocycles. The molecule has 0 aliphatic carbocycles. The van der Waals surface area contributed by atoms with E-state index in [-0.39, 0.29) is 5.75 Å². The molecule has 0 amide bonds. The molecule has 3 nitrogen and oxygen atoms in total. The van der Waals surface area contributed by atoms with E-state index in [2.05, 4.69) is 11.1 Å². The van der Waals surface area contributed by atoms with Crippen molar-refractivity contribution in [2.24, 2.45) is 0 Å². The first-order valence-electron chi connectivity index (χ1n) is 4.86. The van der Waals surface area contributed by atoms with E-state index in [9.17, 15) is 5.11 Å². The lowest BCUT2D eigenvalue weighted by atomic mass is 10.3. The number of hydrogen-bond donors (Lipinski definition) is 1. The van der Waals surface area contributed by atoms with Crippen molar-refractivity contribution >= 4 is 32.9 Å². The molecule has 1 N–H and O–H groups in total. The van der Waals surface area contributed by atoms with Crippen LogP contribution < -0.4 is 0 Å². The zero-order chi connectivity index (χ0) is 11.8. The second kappa shape index (κ2) is 3.84. The normalized spacial score (nSPS) is 10.5. The molecule has 0 saturated heterocycles. The van der Waals surface area contributed by atoms with E-state index >= 15 is 0 Å². The molecule has 0 unspecified atom stereocenters. The van der Waals surface area contributed by atoms with Crippen LogP contribution in [0.15, 0.2) is 30.3 Å². The Kier molecular flexibility index (Phi) is 2.32. The van der Waals surface area contributed by atoms with Crippen molar-refractivity contribution in [2.75, 3.05) is 0 Å². The third kappa shape index (κ3) is 1.78. The standard InChI is InChI=1S/C12H6N2OS2/c13-6-8-2-4-10(16-8)12-14-9-3-1-7(15)5-11(9)17-12/h1-5,15H. The largest absolute Gasteiger partial charge is 0.508 e. The summed E-state index contributed by atoms with van der Waals surface area (Å²) < 4.78 is 0.951. The predicted molar refractivity (Wildman–Crippen MR) is 69.3 cm³/mol. The summed E-state index contributed by atoms with van der Waals surface area (Å²) in [6, 6.07) is 10.9. The highest BCUT2D eigenvalue weighted by atomic mass is 32.1. The molecule has 3 aromatic rings. The lowest BCUT2D eigenvalue weighted by Gasteiger charge is -1.87. The second-order valence-electron chi connectivity index (χ2n) is 3.45. The van der Waals surface area contributed by atoms with Crippen molar-refractivity contribution in [2.45, 2.75) is 0 Å². The molecule has 3 rings (SSSR count). The van der Waals surface area contributed by atoms with Crippen LogP contribution >= 0.6 is 22.7 Å². The molecular weight excluding hydrogens is 252 g/mol. The summed E-state index contributed by atoms with van der Waals surface area (Å²) in [5.74, 6) is 0.247. The van der Waals surface area contributed by atoms with Gasteiger partial charge in [-0.1, -0.05) is 0 Å². The first-order valence-corrected chi connectivity index (χ1v) is 6.49. The molecule has 0 bridgehead atoms. The smallest absolute Gasteiger partial charge is 0.134 e. The van der Waals surface area contributed by atoms with Crippen LogP contribution in [0, 0.1) is 11.3 Å². The number of thiophene rings is 1. The fraction of sp³-hybridized carbons (Fsp3) is 0. The Bertz CT molecular complexity index is 736. The van der Waals surface area contributed by atoms with Gasteiger partial charge in [0.15, 0.2) is 0 Å². The van der Waals surface area contributed by atoms with Crippen LogP contribution in [0.25, 0.3) is 20.1 Å². The van der Waals surface area contributed by atoms with Crippen LogP contribution in [0.2, 0.25) is 0 Å². The van der Waals surface area contributed by atoms with Crippen molar-refractivity contribution in [3.8, 4) is 21.7 Å². The summed E-state index contributed by atoms with van der Waals surface area (Å²) in [7, 11) is 0. The summed E-state index contributed by atoms with van der Waals surface area (Å²) in [6.07, 6.45) is 0. The Hall–Kier alpha value is -1.90. The molecule has 0 saturated carbocycles. The Morgan fingerprint density at radius 3 is 2.82 bits per heavy atom. The zero-order valence-corrected chi connectivity index (χ0v) is 10.2. The van der Waals surface area contributed by atoms with E-state index in [0.29, 0.717) is 4.88 Å². The zero-order valence-electron chi connectivity index (χ0n) is 8.54. The minimum atomic E-state index is 0.247. The van der Waals surface area contributed by atoms with Crippen LogP contribution in [0.4, 0.5) is 0 Å². The molecule has 0 fully saturated rings. The van der Waals surface area contributed by atoms with Crippen LogP contribution in [0.1, 0.15) is 4.88 Å². The van der Waals surface area contributed by atoms with Crippen LogP contribution in [0.3, 0.4) is 0 Å². The summed E-state index contributed by atoms with van der Waals surface area (Å²) in [5, 5.41) is 19.1. The fourth-order valence-electron chi connectivity index (χ4n) is 1.53. The first-order chi connectivity index (χ1) is 8.26. The Labute approximate surface area is 105 Å². The van der Waals surface area contributed by atoms with Gasteiger partial charge in [-0.3, -0.25) is 0 Å². The van der Waals surface area contributed by atoms with Crippen LogP contribution in [-0.4, -0.2) is 10.1 Å². The van der Waals surface area contributed by atoms with Gasteiger partial charge in [0.1, 0.15) is 21.7 Å². The molecule has 17 heavy (non-hydrogen) atoms. The van der Waals surface area contributed by atoms with E-state index in [1.807, 2.05) is 6.07 Å². The van der Waals surface area contributed by atoms with E-state index in [0.717, 1.165) is 20.1 Å². The number of nitriles is 1. The number of phenols is 1. The van der Waals surface area contributed by atoms with E-state index in [4.69, 9.17) is 5.26 Å². The molecule has 82 valence electrons. The molecule has 2 heterocycles. The first kappa shape index (κ1) is 10.3. The third-order valence-corrected chi connectivity index (χ3v) is 4.48. The van der Waals surface area contributed by atoms with Gasteiger partial charge in [0.2, 0.25) is 0 Å². The van der Waals surface area contributed by atoms with Crippen molar-refractivity contribution in [3.63, 3.8) is 0 Å². The van der Waals surface area contributed by atoms with E-state index < -0.39 is 0 Å². The van der Waals surface area contributed by atoms with Gasteiger partial charge in [-0.15, -0.1) is 22.7 Å². The third-order valence-electron chi connectivity index (χ3n) is 2.30. The quantitative estimate of drug-likeness (QED) is 0.725. The van der Waals surface area contributed by atoms with Gasteiger partial charge < -0.3 is 5.11 Å². The number of aromatic nitrogens is 1. The number of nitrogens with zero attached hydrogens (tertiary/aromatic N) is 2. The van der Waals surface area contributed by atoms with Crippen LogP contribution in [0.5, 0.6) is 5.75 Å². The Morgan fingerprint density at radius 2 is 2.06 bits per heavy atom. The summed E-state index contributed by atoms with van der Waals surface area (Å²) in [4.78, 5) is 6.15.